The van der Waals surface area contributed by atoms with E-state index >= 15 is 0 Å². The number of benzene rings is 3. The number of aromatic carboxylic acids is 1. The van der Waals surface area contributed by atoms with Crippen molar-refractivity contribution in [2.45, 2.75) is 6.92 Å². The second kappa shape index (κ2) is 8.18. The van der Waals surface area contributed by atoms with Gasteiger partial charge in [0.05, 0.1) is 5.97 Å². The van der Waals surface area contributed by atoms with Crippen molar-refractivity contribution < 1.29 is 24.2 Å². The molecule has 0 bridgehead atoms. The van der Waals surface area contributed by atoms with Crippen molar-refractivity contribution in [3.8, 4) is 16.9 Å². The van der Waals surface area contributed by atoms with Crippen LogP contribution in [0.4, 0.5) is 5.69 Å². The van der Waals surface area contributed by atoms with E-state index in [1.54, 1.807) is 42.5 Å². The Morgan fingerprint density at radius 1 is 0.821 bits per heavy atom. The van der Waals surface area contributed by atoms with Crippen LogP contribution in [0.25, 0.3) is 11.1 Å². The van der Waals surface area contributed by atoms with Crippen molar-refractivity contribution in [3.63, 3.8) is 0 Å². The summed E-state index contributed by atoms with van der Waals surface area (Å²) in [6.45, 7) is 1.34. The Morgan fingerprint density at radius 2 is 1.50 bits per heavy atom. The Kier molecular flexibility index (Phi) is 5.50. The molecule has 0 aliphatic heterocycles. The lowest BCUT2D eigenvalue weighted by Gasteiger charge is -2.09. The van der Waals surface area contributed by atoms with E-state index in [0.717, 1.165) is 11.1 Å². The minimum atomic E-state index is -1.27. The van der Waals surface area contributed by atoms with Crippen molar-refractivity contribution in [2.75, 3.05) is 5.32 Å². The van der Waals surface area contributed by atoms with Crippen LogP contribution in [-0.4, -0.2) is 17.8 Å². The third kappa shape index (κ3) is 4.62. The number of rotatable bonds is 5. The molecule has 0 atom stereocenters. The highest BCUT2D eigenvalue weighted by Crippen LogP contribution is 2.24. The minimum absolute atomic E-state index is 0.0391. The highest BCUT2D eigenvalue weighted by Gasteiger charge is 2.08. The van der Waals surface area contributed by atoms with Crippen LogP contribution in [0.1, 0.15) is 27.6 Å². The first-order chi connectivity index (χ1) is 13.4. The molecule has 3 rings (SSSR count). The molecule has 0 saturated carbocycles. The fourth-order valence-electron chi connectivity index (χ4n) is 2.61. The van der Waals surface area contributed by atoms with E-state index in [1.807, 2.05) is 6.07 Å². The van der Waals surface area contributed by atoms with Crippen LogP contribution in [0.3, 0.4) is 0 Å². The average molecular weight is 374 g/mol. The standard InChI is InChI=1S/C22H17NO5/c1-14(24)28-20-11-7-15(8-12-20)17-3-2-4-18(13-17)21(25)23-19-9-5-16(6-10-19)22(26)27/h2-13H,1H3,(H,23,25)(H,26,27)/p-1. The van der Waals surface area contributed by atoms with E-state index < -0.39 is 5.97 Å². The summed E-state index contributed by atoms with van der Waals surface area (Å²) in [5.74, 6) is -1.53. The normalized spacial score (nSPS) is 10.2. The Hall–Kier alpha value is -3.93. The number of anilines is 1. The van der Waals surface area contributed by atoms with Gasteiger partial charge in [0.2, 0.25) is 0 Å². The molecule has 0 aromatic heterocycles. The SMILES string of the molecule is CC(=O)Oc1ccc(-c2cccc(C(=O)Nc3ccc(C(=O)[O-])cc3)c2)cc1. The molecule has 1 amide bonds. The predicted octanol–water partition coefficient (Wildman–Crippen LogP) is 2.89. The molecule has 6 nitrogen and oxygen atoms in total. The number of esters is 1. The summed E-state index contributed by atoms with van der Waals surface area (Å²) in [4.78, 5) is 34.3. The molecular weight excluding hydrogens is 358 g/mol. The number of carboxylic acid groups (broad SMARTS) is 1. The monoisotopic (exact) mass is 374 g/mol. The third-order valence-electron chi connectivity index (χ3n) is 3.95. The van der Waals surface area contributed by atoms with Gasteiger partial charge in [-0.25, -0.2) is 0 Å². The van der Waals surface area contributed by atoms with Crippen molar-refractivity contribution in [1.82, 2.24) is 0 Å². The fraction of sp³-hybridized carbons (Fsp3) is 0.0455. The molecule has 3 aromatic rings. The molecule has 0 heterocycles. The Balaban J connectivity index is 1.75. The van der Waals surface area contributed by atoms with Crippen LogP contribution in [0.15, 0.2) is 72.8 Å². The lowest BCUT2D eigenvalue weighted by molar-refractivity contribution is -0.255. The molecule has 140 valence electrons. The van der Waals surface area contributed by atoms with Gasteiger partial charge in [0.1, 0.15) is 5.75 Å². The van der Waals surface area contributed by atoms with Crippen molar-refractivity contribution in [3.05, 3.63) is 83.9 Å². The van der Waals surface area contributed by atoms with Crippen LogP contribution in [-0.2, 0) is 4.79 Å². The summed E-state index contributed by atoms with van der Waals surface area (Å²) in [7, 11) is 0. The second-order valence-electron chi connectivity index (χ2n) is 6.02. The van der Waals surface area contributed by atoms with Crippen LogP contribution >= 0.6 is 0 Å². The second-order valence-corrected chi connectivity index (χ2v) is 6.02. The number of ether oxygens (including phenoxy) is 1. The summed E-state index contributed by atoms with van der Waals surface area (Å²) in [6.07, 6.45) is 0. The topological polar surface area (TPSA) is 95.5 Å². The summed E-state index contributed by atoms with van der Waals surface area (Å²) < 4.78 is 5.01. The minimum Gasteiger partial charge on any atom is -0.545 e. The van der Waals surface area contributed by atoms with E-state index in [-0.39, 0.29) is 17.4 Å². The van der Waals surface area contributed by atoms with E-state index in [2.05, 4.69) is 5.32 Å². The number of nitrogens with one attached hydrogen (secondary N) is 1. The zero-order valence-corrected chi connectivity index (χ0v) is 15.0. The molecular formula is C22H16NO5-. The number of hydrogen-bond donors (Lipinski definition) is 1. The van der Waals surface area contributed by atoms with Gasteiger partial charge in [0.25, 0.3) is 5.91 Å². The average Bonchev–Trinajstić information content (AvgIpc) is 2.68. The van der Waals surface area contributed by atoms with Crippen LogP contribution < -0.4 is 15.2 Å². The molecule has 0 spiro atoms. The maximum atomic E-state index is 12.5. The molecule has 3 aromatic carbocycles. The summed E-state index contributed by atoms with van der Waals surface area (Å²) in [5.41, 5.74) is 2.66. The highest BCUT2D eigenvalue weighted by atomic mass is 16.5. The fourth-order valence-corrected chi connectivity index (χ4v) is 2.61. The molecule has 0 saturated heterocycles. The van der Waals surface area contributed by atoms with Gasteiger partial charge in [-0.3, -0.25) is 9.59 Å². The number of amides is 1. The maximum Gasteiger partial charge on any atom is 0.308 e. The number of carboxylic acids is 1. The zero-order chi connectivity index (χ0) is 20.1. The van der Waals surface area contributed by atoms with Gasteiger partial charge in [0.15, 0.2) is 0 Å². The first-order valence-corrected chi connectivity index (χ1v) is 8.44. The lowest BCUT2D eigenvalue weighted by Crippen LogP contribution is -2.22. The van der Waals surface area contributed by atoms with Crippen molar-refractivity contribution in [1.29, 1.82) is 0 Å². The largest absolute Gasteiger partial charge is 0.545 e. The number of carbonyl (C=O) groups excluding carboxylic acids is 3. The quantitative estimate of drug-likeness (QED) is 0.547. The van der Waals surface area contributed by atoms with E-state index in [1.165, 1.54) is 31.2 Å². The molecule has 0 aliphatic rings. The van der Waals surface area contributed by atoms with Crippen LogP contribution in [0.2, 0.25) is 0 Å². The van der Waals surface area contributed by atoms with E-state index in [0.29, 0.717) is 17.0 Å². The number of hydrogen-bond acceptors (Lipinski definition) is 5. The van der Waals surface area contributed by atoms with E-state index in [9.17, 15) is 19.5 Å². The lowest BCUT2D eigenvalue weighted by atomic mass is 10.0. The molecule has 1 N–H and O–H groups in total. The summed E-state index contributed by atoms with van der Waals surface area (Å²) in [5, 5.41) is 13.5. The predicted molar refractivity (Wildman–Crippen MR) is 102 cm³/mol. The first kappa shape index (κ1) is 18.8. The Bertz CT molecular complexity index is 1020. The number of carbonyl (C=O) groups is 3. The zero-order valence-electron chi connectivity index (χ0n) is 15.0. The molecule has 6 heteroatoms. The van der Waals surface area contributed by atoms with Gasteiger partial charge in [-0.1, -0.05) is 36.4 Å². The van der Waals surface area contributed by atoms with Crippen molar-refractivity contribution in [2.24, 2.45) is 0 Å². The van der Waals surface area contributed by atoms with Gasteiger partial charge in [-0.2, -0.15) is 0 Å². The first-order valence-electron chi connectivity index (χ1n) is 8.44. The smallest absolute Gasteiger partial charge is 0.308 e. The Morgan fingerprint density at radius 3 is 2.11 bits per heavy atom. The highest BCUT2D eigenvalue weighted by molar-refractivity contribution is 6.05. The van der Waals surface area contributed by atoms with Crippen LogP contribution in [0, 0.1) is 0 Å². The molecule has 0 radical (unpaired) electrons. The van der Waals surface area contributed by atoms with Gasteiger partial charge >= 0.3 is 5.97 Å². The molecule has 0 unspecified atom stereocenters. The Labute approximate surface area is 161 Å². The van der Waals surface area contributed by atoms with Gasteiger partial charge in [-0.15, -0.1) is 0 Å². The molecule has 0 aliphatic carbocycles. The van der Waals surface area contributed by atoms with Gasteiger partial charge < -0.3 is 20.0 Å². The maximum absolute atomic E-state index is 12.5. The summed E-state index contributed by atoms with van der Waals surface area (Å²) >= 11 is 0. The third-order valence-corrected chi connectivity index (χ3v) is 3.95. The molecule has 0 fully saturated rings. The van der Waals surface area contributed by atoms with Gasteiger partial charge in [-0.05, 0) is 53.1 Å². The van der Waals surface area contributed by atoms with Gasteiger partial charge in [0, 0.05) is 18.2 Å². The van der Waals surface area contributed by atoms with Crippen LogP contribution in [0.5, 0.6) is 5.75 Å². The van der Waals surface area contributed by atoms with Crippen molar-refractivity contribution >= 4 is 23.5 Å². The molecule has 28 heavy (non-hydrogen) atoms. The van der Waals surface area contributed by atoms with E-state index in [4.69, 9.17) is 4.74 Å². The summed E-state index contributed by atoms with van der Waals surface area (Å²) in [6, 6.07) is 19.8.